The van der Waals surface area contributed by atoms with Gasteiger partial charge in [-0.1, -0.05) is 48.7 Å². The molecule has 0 fully saturated rings. The first-order valence-corrected chi connectivity index (χ1v) is 7.53. The van der Waals surface area contributed by atoms with Crippen molar-refractivity contribution < 1.29 is 4.79 Å². The monoisotopic (exact) mass is 336 g/mol. The predicted molar refractivity (Wildman–Crippen MR) is 86.8 cm³/mol. The highest BCUT2D eigenvalue weighted by Gasteiger charge is 2.18. The summed E-state index contributed by atoms with van der Waals surface area (Å²) in [4.78, 5) is 11.9. The van der Waals surface area contributed by atoms with Gasteiger partial charge in [-0.25, -0.2) is 0 Å². The van der Waals surface area contributed by atoms with Gasteiger partial charge in [0.2, 0.25) is 5.91 Å². The number of carbonyl (C=O) groups excluding carboxylic acids is 1. The van der Waals surface area contributed by atoms with Crippen LogP contribution in [0.5, 0.6) is 0 Å². The fraction of sp³-hybridized carbons (Fsp3) is 0.500. The number of carbonyl (C=O) groups is 1. The molecule has 112 valence electrons. The summed E-state index contributed by atoms with van der Waals surface area (Å²) >= 11 is 17.8. The van der Waals surface area contributed by atoms with Crippen LogP contribution in [0.25, 0.3) is 0 Å². The fourth-order valence-corrected chi connectivity index (χ4v) is 2.39. The number of benzene rings is 1. The van der Waals surface area contributed by atoms with Gasteiger partial charge in [-0.3, -0.25) is 4.79 Å². The molecule has 0 aliphatic heterocycles. The molecule has 6 heteroatoms. The summed E-state index contributed by atoms with van der Waals surface area (Å²) in [7, 11) is 0. The molecule has 0 atom stereocenters. The standard InChI is InChI=1S/C14H19Cl3N2O/c1-14(2,5-6-18)4-3-13(20)19-12-8-10(16)9(15)7-11(12)17/h7-8H,3-6,18H2,1-2H3,(H,19,20). The summed E-state index contributed by atoms with van der Waals surface area (Å²) in [6.45, 7) is 4.81. The molecule has 0 unspecified atom stereocenters. The molecule has 3 nitrogen and oxygen atoms in total. The molecule has 0 aliphatic carbocycles. The Labute approximate surface area is 134 Å². The van der Waals surface area contributed by atoms with Crippen molar-refractivity contribution in [1.82, 2.24) is 0 Å². The van der Waals surface area contributed by atoms with Gasteiger partial charge in [-0.05, 0) is 36.9 Å². The SMILES string of the molecule is CC(C)(CCN)CCC(=O)Nc1cc(Cl)c(Cl)cc1Cl. The van der Waals surface area contributed by atoms with E-state index in [9.17, 15) is 4.79 Å². The smallest absolute Gasteiger partial charge is 0.224 e. The molecule has 1 amide bonds. The van der Waals surface area contributed by atoms with Crippen molar-refractivity contribution >= 4 is 46.4 Å². The molecule has 0 spiro atoms. The minimum Gasteiger partial charge on any atom is -0.330 e. The van der Waals surface area contributed by atoms with E-state index in [0.29, 0.717) is 33.7 Å². The molecule has 0 aromatic heterocycles. The van der Waals surface area contributed by atoms with E-state index < -0.39 is 0 Å². The van der Waals surface area contributed by atoms with Crippen molar-refractivity contribution in [3.8, 4) is 0 Å². The Balaban J connectivity index is 2.61. The van der Waals surface area contributed by atoms with Gasteiger partial charge >= 0.3 is 0 Å². The number of anilines is 1. The molecule has 1 rings (SSSR count). The molecule has 0 bridgehead atoms. The third-order valence-electron chi connectivity index (χ3n) is 3.13. The number of halogens is 3. The number of rotatable bonds is 6. The third-order valence-corrected chi connectivity index (χ3v) is 4.17. The summed E-state index contributed by atoms with van der Waals surface area (Å²) in [5, 5.41) is 3.83. The van der Waals surface area contributed by atoms with E-state index in [1.54, 1.807) is 6.07 Å². The average Bonchev–Trinajstić information content (AvgIpc) is 2.34. The van der Waals surface area contributed by atoms with Crippen LogP contribution in [0.1, 0.15) is 33.1 Å². The number of nitrogens with two attached hydrogens (primary N) is 1. The highest BCUT2D eigenvalue weighted by Crippen LogP contribution is 2.32. The van der Waals surface area contributed by atoms with Gasteiger partial charge in [0.05, 0.1) is 20.8 Å². The highest BCUT2D eigenvalue weighted by molar-refractivity contribution is 6.44. The van der Waals surface area contributed by atoms with Crippen LogP contribution in [0, 0.1) is 5.41 Å². The van der Waals surface area contributed by atoms with Crippen molar-refractivity contribution in [3.63, 3.8) is 0 Å². The third kappa shape index (κ3) is 5.49. The van der Waals surface area contributed by atoms with E-state index in [2.05, 4.69) is 19.2 Å². The van der Waals surface area contributed by atoms with E-state index in [0.717, 1.165) is 12.8 Å². The Kier molecular flexibility index (Phi) is 6.59. The second-order valence-electron chi connectivity index (χ2n) is 5.50. The zero-order chi connectivity index (χ0) is 15.3. The van der Waals surface area contributed by atoms with E-state index in [1.165, 1.54) is 6.07 Å². The van der Waals surface area contributed by atoms with Crippen molar-refractivity contribution in [2.45, 2.75) is 33.1 Å². The average molecular weight is 338 g/mol. The Bertz CT molecular complexity index is 490. The van der Waals surface area contributed by atoms with Crippen LogP contribution >= 0.6 is 34.8 Å². The van der Waals surface area contributed by atoms with Crippen LogP contribution in [0.3, 0.4) is 0 Å². The Hall–Kier alpha value is -0.480. The first kappa shape index (κ1) is 17.6. The Morgan fingerprint density at radius 2 is 1.75 bits per heavy atom. The molecule has 1 aromatic rings. The lowest BCUT2D eigenvalue weighted by Gasteiger charge is -2.23. The van der Waals surface area contributed by atoms with E-state index in [4.69, 9.17) is 40.5 Å². The largest absolute Gasteiger partial charge is 0.330 e. The maximum Gasteiger partial charge on any atom is 0.224 e. The minimum atomic E-state index is -0.101. The summed E-state index contributed by atoms with van der Waals surface area (Å²) in [6, 6.07) is 3.06. The molecular formula is C14H19Cl3N2O. The van der Waals surface area contributed by atoms with Crippen LogP contribution < -0.4 is 11.1 Å². The van der Waals surface area contributed by atoms with Crippen molar-refractivity contribution in [2.24, 2.45) is 11.1 Å². The van der Waals surface area contributed by atoms with Gasteiger partial charge in [-0.2, -0.15) is 0 Å². The van der Waals surface area contributed by atoms with E-state index in [1.807, 2.05) is 0 Å². The zero-order valence-corrected chi connectivity index (χ0v) is 13.9. The maximum absolute atomic E-state index is 11.9. The van der Waals surface area contributed by atoms with Crippen LogP contribution in [0.15, 0.2) is 12.1 Å². The number of hydrogen-bond donors (Lipinski definition) is 2. The van der Waals surface area contributed by atoms with E-state index in [-0.39, 0.29) is 11.3 Å². The summed E-state index contributed by atoms with van der Waals surface area (Å²) < 4.78 is 0. The fourth-order valence-electron chi connectivity index (χ4n) is 1.80. The van der Waals surface area contributed by atoms with Gasteiger partial charge in [0.15, 0.2) is 0 Å². The van der Waals surface area contributed by atoms with Crippen LogP contribution in [-0.2, 0) is 4.79 Å². The van der Waals surface area contributed by atoms with Crippen molar-refractivity contribution in [2.75, 3.05) is 11.9 Å². The predicted octanol–water partition coefficient (Wildman–Crippen LogP) is 4.74. The van der Waals surface area contributed by atoms with E-state index >= 15 is 0 Å². The summed E-state index contributed by atoms with van der Waals surface area (Å²) in [6.07, 6.45) is 2.05. The Morgan fingerprint density at radius 3 is 2.35 bits per heavy atom. The highest BCUT2D eigenvalue weighted by atomic mass is 35.5. The lowest BCUT2D eigenvalue weighted by atomic mass is 9.84. The summed E-state index contributed by atoms with van der Waals surface area (Å²) in [5.41, 5.74) is 6.07. The van der Waals surface area contributed by atoms with Crippen molar-refractivity contribution in [3.05, 3.63) is 27.2 Å². The number of nitrogens with one attached hydrogen (secondary N) is 1. The van der Waals surface area contributed by atoms with Gasteiger partial charge < -0.3 is 11.1 Å². The maximum atomic E-state index is 11.9. The molecule has 0 saturated carbocycles. The van der Waals surface area contributed by atoms with Crippen LogP contribution in [0.2, 0.25) is 15.1 Å². The normalized spacial score (nSPS) is 11.5. The first-order valence-electron chi connectivity index (χ1n) is 6.39. The van der Waals surface area contributed by atoms with Gasteiger partial charge in [0.1, 0.15) is 0 Å². The first-order chi connectivity index (χ1) is 9.25. The van der Waals surface area contributed by atoms with Gasteiger partial charge in [-0.15, -0.1) is 0 Å². The zero-order valence-electron chi connectivity index (χ0n) is 11.6. The molecular weight excluding hydrogens is 319 g/mol. The molecule has 0 saturated heterocycles. The van der Waals surface area contributed by atoms with Crippen molar-refractivity contribution in [1.29, 1.82) is 0 Å². The molecule has 0 radical (unpaired) electrons. The van der Waals surface area contributed by atoms with Crippen LogP contribution in [-0.4, -0.2) is 12.5 Å². The summed E-state index contributed by atoms with van der Waals surface area (Å²) in [5.74, 6) is -0.101. The molecule has 1 aromatic carbocycles. The lowest BCUT2D eigenvalue weighted by Crippen LogP contribution is -2.20. The van der Waals surface area contributed by atoms with Gasteiger partial charge in [0, 0.05) is 6.42 Å². The molecule has 3 N–H and O–H groups in total. The Morgan fingerprint density at radius 1 is 1.15 bits per heavy atom. The quantitative estimate of drug-likeness (QED) is 0.737. The minimum absolute atomic E-state index is 0.0491. The number of amides is 1. The number of hydrogen-bond acceptors (Lipinski definition) is 2. The molecule has 0 aliphatic rings. The molecule has 0 heterocycles. The second-order valence-corrected chi connectivity index (χ2v) is 6.72. The lowest BCUT2D eigenvalue weighted by molar-refractivity contribution is -0.116. The van der Waals surface area contributed by atoms with Crippen LogP contribution in [0.4, 0.5) is 5.69 Å². The van der Waals surface area contributed by atoms with Gasteiger partial charge in [0.25, 0.3) is 0 Å². The second kappa shape index (κ2) is 7.51. The topological polar surface area (TPSA) is 55.1 Å². The molecule has 20 heavy (non-hydrogen) atoms.